The largest absolute Gasteiger partial charge is 0.486 e. The highest BCUT2D eigenvalue weighted by Gasteiger charge is 2.18. The van der Waals surface area contributed by atoms with E-state index in [1.165, 1.54) is 0 Å². The van der Waals surface area contributed by atoms with Crippen LogP contribution in [0.2, 0.25) is 5.02 Å². The minimum Gasteiger partial charge on any atom is -0.486 e. The lowest BCUT2D eigenvalue weighted by Crippen LogP contribution is -2.47. The monoisotopic (exact) mass is 390 g/mol. The second-order valence-electron chi connectivity index (χ2n) is 5.97. The van der Waals surface area contributed by atoms with E-state index in [-0.39, 0.29) is 0 Å². The van der Waals surface area contributed by atoms with Crippen molar-refractivity contribution in [1.82, 2.24) is 10.9 Å². The van der Waals surface area contributed by atoms with Gasteiger partial charge in [0.05, 0.1) is 0 Å². The van der Waals surface area contributed by atoms with Gasteiger partial charge in [-0.2, -0.15) is 0 Å². The maximum Gasteiger partial charge on any atom is 0.279 e. The number of halogens is 1. The van der Waals surface area contributed by atoms with Crippen LogP contribution in [0.4, 0.5) is 0 Å². The normalized spacial score (nSPS) is 13.4. The van der Waals surface area contributed by atoms with Crippen molar-refractivity contribution in [1.29, 1.82) is 0 Å². The summed E-state index contributed by atoms with van der Waals surface area (Å²) < 4.78 is 16.4. The molecule has 0 aromatic heterocycles. The predicted molar refractivity (Wildman–Crippen MR) is 99.3 cm³/mol. The van der Waals surface area contributed by atoms with Crippen LogP contribution in [-0.2, 0) is 4.79 Å². The standard InChI is InChI=1S/C19H19ClN2O5/c1-11-9-14(4-5-15(11)20)27-12(2)18(23)21-22-19(24)13-3-6-16-17(10-13)26-8-7-25-16/h3-6,9-10,12H,7-8H2,1-2H3,(H,21,23)(H,22,24). The second kappa shape index (κ2) is 8.18. The molecule has 1 aliphatic heterocycles. The summed E-state index contributed by atoms with van der Waals surface area (Å²) in [5, 5.41) is 0.617. The number of hydrazine groups is 1. The number of hydrogen-bond acceptors (Lipinski definition) is 5. The zero-order valence-electron chi connectivity index (χ0n) is 14.9. The quantitative estimate of drug-likeness (QED) is 0.784. The number of carbonyl (C=O) groups excluding carboxylic acids is 2. The molecule has 0 bridgehead atoms. The molecule has 142 valence electrons. The number of ether oxygens (including phenoxy) is 3. The van der Waals surface area contributed by atoms with Crippen LogP contribution >= 0.6 is 11.6 Å². The molecule has 7 nitrogen and oxygen atoms in total. The van der Waals surface area contributed by atoms with Crippen LogP contribution in [0.1, 0.15) is 22.8 Å². The smallest absolute Gasteiger partial charge is 0.279 e. The van der Waals surface area contributed by atoms with Crippen LogP contribution in [0.3, 0.4) is 0 Å². The molecule has 1 heterocycles. The van der Waals surface area contributed by atoms with E-state index in [0.717, 1.165) is 5.56 Å². The average molecular weight is 391 g/mol. The van der Waals surface area contributed by atoms with Gasteiger partial charge in [0, 0.05) is 10.6 Å². The first-order valence-electron chi connectivity index (χ1n) is 8.36. The number of carbonyl (C=O) groups is 2. The summed E-state index contributed by atoms with van der Waals surface area (Å²) in [6.07, 6.45) is -0.814. The van der Waals surface area contributed by atoms with Crippen molar-refractivity contribution in [3.05, 3.63) is 52.5 Å². The first-order chi connectivity index (χ1) is 12.9. The minimum atomic E-state index is -0.814. The Kier molecular flexibility index (Phi) is 5.71. The Bertz CT molecular complexity index is 871. The SMILES string of the molecule is Cc1cc(OC(C)C(=O)NNC(=O)c2ccc3c(c2)OCCO3)ccc1Cl. The lowest BCUT2D eigenvalue weighted by atomic mass is 10.2. The summed E-state index contributed by atoms with van der Waals surface area (Å²) in [7, 11) is 0. The van der Waals surface area contributed by atoms with Crippen molar-refractivity contribution < 1.29 is 23.8 Å². The van der Waals surface area contributed by atoms with Gasteiger partial charge in [0.25, 0.3) is 11.8 Å². The van der Waals surface area contributed by atoms with E-state index in [1.54, 1.807) is 43.3 Å². The first-order valence-corrected chi connectivity index (χ1v) is 8.74. The molecule has 2 aromatic rings. The molecule has 0 radical (unpaired) electrons. The number of benzene rings is 2. The molecule has 27 heavy (non-hydrogen) atoms. The van der Waals surface area contributed by atoms with Gasteiger partial charge in [-0.1, -0.05) is 11.6 Å². The number of hydrogen-bond donors (Lipinski definition) is 2. The van der Waals surface area contributed by atoms with Crippen LogP contribution in [-0.4, -0.2) is 31.1 Å². The Morgan fingerprint density at radius 3 is 2.56 bits per heavy atom. The molecular weight excluding hydrogens is 372 g/mol. The molecule has 3 rings (SSSR count). The maximum atomic E-state index is 12.2. The Balaban J connectivity index is 1.54. The third-order valence-electron chi connectivity index (χ3n) is 3.92. The second-order valence-corrected chi connectivity index (χ2v) is 6.38. The summed E-state index contributed by atoms with van der Waals surface area (Å²) in [6.45, 7) is 4.32. The molecule has 8 heteroatoms. The highest BCUT2D eigenvalue weighted by atomic mass is 35.5. The summed E-state index contributed by atoms with van der Waals surface area (Å²) in [5.74, 6) is 0.623. The summed E-state index contributed by atoms with van der Waals surface area (Å²) in [6, 6.07) is 9.91. The molecule has 1 aliphatic rings. The van der Waals surface area contributed by atoms with Crippen LogP contribution in [0, 0.1) is 6.92 Å². The van der Waals surface area contributed by atoms with Gasteiger partial charge in [-0.15, -0.1) is 0 Å². The molecule has 1 atom stereocenters. The summed E-state index contributed by atoms with van der Waals surface area (Å²) >= 11 is 5.97. The number of nitrogens with one attached hydrogen (secondary N) is 2. The zero-order chi connectivity index (χ0) is 19.4. The molecule has 0 spiro atoms. The van der Waals surface area contributed by atoms with E-state index in [4.69, 9.17) is 25.8 Å². The van der Waals surface area contributed by atoms with Gasteiger partial charge in [-0.25, -0.2) is 0 Å². The van der Waals surface area contributed by atoms with E-state index < -0.39 is 17.9 Å². The summed E-state index contributed by atoms with van der Waals surface area (Å²) in [4.78, 5) is 24.4. The predicted octanol–water partition coefficient (Wildman–Crippen LogP) is 2.65. The van der Waals surface area contributed by atoms with Gasteiger partial charge >= 0.3 is 0 Å². The lowest BCUT2D eigenvalue weighted by molar-refractivity contribution is -0.128. The van der Waals surface area contributed by atoms with Crippen molar-refractivity contribution in [3.8, 4) is 17.2 Å². The molecule has 2 N–H and O–H groups in total. The van der Waals surface area contributed by atoms with Crippen molar-refractivity contribution in [2.24, 2.45) is 0 Å². The van der Waals surface area contributed by atoms with Crippen molar-refractivity contribution in [3.63, 3.8) is 0 Å². The molecular formula is C19H19ClN2O5. The number of fused-ring (bicyclic) bond motifs is 1. The number of rotatable bonds is 4. The third-order valence-corrected chi connectivity index (χ3v) is 4.34. The van der Waals surface area contributed by atoms with Gasteiger partial charge < -0.3 is 14.2 Å². The van der Waals surface area contributed by atoms with Crippen molar-refractivity contribution in [2.75, 3.05) is 13.2 Å². The topological polar surface area (TPSA) is 85.9 Å². The highest BCUT2D eigenvalue weighted by molar-refractivity contribution is 6.31. The molecule has 0 saturated heterocycles. The first kappa shape index (κ1) is 18.8. The molecule has 2 amide bonds. The fourth-order valence-electron chi connectivity index (χ4n) is 2.42. The molecule has 0 saturated carbocycles. The van der Waals surface area contributed by atoms with E-state index in [2.05, 4.69) is 10.9 Å². The van der Waals surface area contributed by atoms with Gasteiger partial charge in [0.1, 0.15) is 19.0 Å². The van der Waals surface area contributed by atoms with E-state index in [1.807, 2.05) is 6.92 Å². The number of aryl methyl sites for hydroxylation is 1. The van der Waals surface area contributed by atoms with E-state index >= 15 is 0 Å². The van der Waals surface area contributed by atoms with Crippen LogP contribution in [0.5, 0.6) is 17.2 Å². The highest BCUT2D eigenvalue weighted by Crippen LogP contribution is 2.30. The Morgan fingerprint density at radius 1 is 1.07 bits per heavy atom. The fourth-order valence-corrected chi connectivity index (χ4v) is 2.54. The van der Waals surface area contributed by atoms with E-state index in [0.29, 0.717) is 41.0 Å². The molecule has 2 aromatic carbocycles. The zero-order valence-corrected chi connectivity index (χ0v) is 15.6. The number of amides is 2. The van der Waals surface area contributed by atoms with Gasteiger partial charge in [0.15, 0.2) is 17.6 Å². The lowest BCUT2D eigenvalue weighted by Gasteiger charge is -2.19. The van der Waals surface area contributed by atoms with Gasteiger partial charge in [-0.3, -0.25) is 20.4 Å². The Morgan fingerprint density at radius 2 is 1.81 bits per heavy atom. The molecule has 0 fully saturated rings. The summed E-state index contributed by atoms with van der Waals surface area (Å²) in [5.41, 5.74) is 5.88. The Hall–Kier alpha value is -2.93. The van der Waals surface area contributed by atoms with Crippen LogP contribution in [0.15, 0.2) is 36.4 Å². The van der Waals surface area contributed by atoms with Crippen molar-refractivity contribution >= 4 is 23.4 Å². The molecule has 1 unspecified atom stereocenters. The van der Waals surface area contributed by atoms with Crippen LogP contribution < -0.4 is 25.1 Å². The average Bonchev–Trinajstić information content (AvgIpc) is 2.68. The van der Waals surface area contributed by atoms with Gasteiger partial charge in [-0.05, 0) is 55.8 Å². The van der Waals surface area contributed by atoms with Crippen molar-refractivity contribution in [2.45, 2.75) is 20.0 Å². The fraction of sp³-hybridized carbons (Fsp3) is 0.263. The maximum absolute atomic E-state index is 12.2. The van der Waals surface area contributed by atoms with Crippen LogP contribution in [0.25, 0.3) is 0 Å². The van der Waals surface area contributed by atoms with E-state index in [9.17, 15) is 9.59 Å². The van der Waals surface area contributed by atoms with Gasteiger partial charge in [0.2, 0.25) is 0 Å². The third kappa shape index (κ3) is 4.62. The Labute approximate surface area is 161 Å². The minimum absolute atomic E-state index is 0.335. The molecule has 0 aliphatic carbocycles.